The van der Waals surface area contributed by atoms with Crippen molar-refractivity contribution in [2.45, 2.75) is 50.8 Å². The number of carbonyl (C=O) groups excluding carboxylic acids is 3. The molecular weight excluding hydrogens is 532 g/mol. The maximum Gasteiger partial charge on any atom is 0.407 e. The molecule has 42 heavy (non-hydrogen) atoms. The lowest BCUT2D eigenvalue weighted by Crippen LogP contribution is -2.55. The molecule has 0 heterocycles. The molecule has 1 aliphatic carbocycles. The Morgan fingerprint density at radius 1 is 0.857 bits per heavy atom. The molecule has 0 bridgehead atoms. The van der Waals surface area contributed by atoms with Crippen LogP contribution in [0.4, 0.5) is 4.79 Å². The largest absolute Gasteiger partial charge is 0.458 e. The molecule has 2 N–H and O–H groups in total. The summed E-state index contributed by atoms with van der Waals surface area (Å²) in [5, 5.41) is 5.37. The van der Waals surface area contributed by atoms with Gasteiger partial charge in [-0.05, 0) is 48.6 Å². The third-order valence-electron chi connectivity index (χ3n) is 6.76. The summed E-state index contributed by atoms with van der Waals surface area (Å²) in [5.74, 6) is -1.30. The van der Waals surface area contributed by atoms with Gasteiger partial charge >= 0.3 is 12.1 Å². The van der Waals surface area contributed by atoms with Gasteiger partial charge in [0.25, 0.3) is 0 Å². The van der Waals surface area contributed by atoms with Gasteiger partial charge in [0.2, 0.25) is 5.91 Å². The molecule has 0 unspecified atom stereocenters. The lowest BCUT2D eigenvalue weighted by atomic mass is 9.98. The molecule has 2 atom stereocenters. The second-order valence-corrected chi connectivity index (χ2v) is 11.1. The highest BCUT2D eigenvalue weighted by molar-refractivity contribution is 5.90. The summed E-state index contributed by atoms with van der Waals surface area (Å²) in [7, 11) is 0. The van der Waals surface area contributed by atoms with Crippen LogP contribution < -0.4 is 10.6 Å². The first-order valence-electron chi connectivity index (χ1n) is 14.0. The molecule has 8 nitrogen and oxygen atoms in total. The molecule has 1 aliphatic rings. The molecule has 0 aromatic heterocycles. The fourth-order valence-electron chi connectivity index (χ4n) is 4.92. The first-order chi connectivity index (χ1) is 20.2. The number of nitrogens with one attached hydrogen (secondary N) is 2. The Morgan fingerprint density at radius 2 is 1.45 bits per heavy atom. The smallest absolute Gasteiger partial charge is 0.407 e. The number of fused-ring (bicyclic) bond motifs is 3. The van der Waals surface area contributed by atoms with E-state index >= 15 is 0 Å². The summed E-state index contributed by atoms with van der Waals surface area (Å²) in [5.41, 5.74) is 4.49. The van der Waals surface area contributed by atoms with Crippen molar-refractivity contribution >= 4 is 18.0 Å². The monoisotopic (exact) mass is 570 g/mol. The lowest BCUT2D eigenvalue weighted by molar-refractivity contribution is -0.158. The van der Waals surface area contributed by atoms with Crippen LogP contribution in [0.2, 0.25) is 0 Å². The number of ether oxygens (including phenoxy) is 3. The molecule has 0 saturated heterocycles. The highest BCUT2D eigenvalue weighted by Crippen LogP contribution is 2.44. The van der Waals surface area contributed by atoms with Crippen LogP contribution in [0.15, 0.2) is 91.5 Å². The van der Waals surface area contributed by atoms with Gasteiger partial charge in [-0.1, -0.05) is 84.9 Å². The molecule has 3 aromatic rings. The number of hydrogen-bond acceptors (Lipinski definition) is 6. The number of hydrogen-bond donors (Lipinski definition) is 2. The Bertz CT molecular complexity index is 1350. The Kier molecular flexibility index (Phi) is 10.1. The quantitative estimate of drug-likeness (QED) is 0.177. The number of amides is 2. The average molecular weight is 571 g/mol. The van der Waals surface area contributed by atoms with Crippen molar-refractivity contribution in [1.82, 2.24) is 10.6 Å². The first-order valence-corrected chi connectivity index (χ1v) is 14.0. The topological polar surface area (TPSA) is 103 Å². The van der Waals surface area contributed by atoms with Gasteiger partial charge in [0.1, 0.15) is 24.3 Å². The van der Waals surface area contributed by atoms with Crippen molar-refractivity contribution in [3.8, 4) is 11.1 Å². The number of esters is 1. The minimum atomic E-state index is -1.12. The number of rotatable bonds is 12. The van der Waals surface area contributed by atoms with Gasteiger partial charge < -0.3 is 24.8 Å². The maximum atomic E-state index is 13.4. The Morgan fingerprint density at radius 3 is 2.05 bits per heavy atom. The summed E-state index contributed by atoms with van der Waals surface area (Å²) in [6, 6.07) is 23.3. The Balaban J connectivity index is 1.45. The van der Waals surface area contributed by atoms with Gasteiger partial charge in [-0.15, -0.1) is 6.58 Å². The fourth-order valence-corrected chi connectivity index (χ4v) is 4.92. The van der Waals surface area contributed by atoms with Gasteiger partial charge in [-0.3, -0.25) is 4.79 Å². The van der Waals surface area contributed by atoms with Crippen LogP contribution in [-0.2, 0) is 30.2 Å². The predicted octanol–water partition coefficient (Wildman–Crippen LogP) is 5.17. The molecule has 4 rings (SSSR count). The predicted molar refractivity (Wildman–Crippen MR) is 161 cm³/mol. The van der Waals surface area contributed by atoms with Gasteiger partial charge in [0, 0.05) is 12.3 Å². The molecule has 0 spiro atoms. The highest BCUT2D eigenvalue weighted by Gasteiger charge is 2.32. The third kappa shape index (κ3) is 8.07. The molecule has 8 heteroatoms. The van der Waals surface area contributed by atoms with E-state index in [-0.39, 0.29) is 32.2 Å². The number of carbonyl (C=O) groups is 3. The van der Waals surface area contributed by atoms with Gasteiger partial charge in [0.05, 0.1) is 13.2 Å². The summed E-state index contributed by atoms with van der Waals surface area (Å²) >= 11 is 0. The Hall–Kier alpha value is -4.43. The van der Waals surface area contributed by atoms with Crippen LogP contribution in [0, 0.1) is 0 Å². The average Bonchev–Trinajstić information content (AvgIpc) is 3.28. The van der Waals surface area contributed by atoms with E-state index in [1.807, 2.05) is 66.7 Å². The third-order valence-corrected chi connectivity index (χ3v) is 6.76. The molecular formula is C34H38N2O6. The van der Waals surface area contributed by atoms with E-state index in [1.54, 1.807) is 26.8 Å². The van der Waals surface area contributed by atoms with Gasteiger partial charge in [-0.2, -0.15) is 0 Å². The lowest BCUT2D eigenvalue weighted by Gasteiger charge is -2.26. The second kappa shape index (κ2) is 14.0. The molecule has 0 aliphatic heterocycles. The summed E-state index contributed by atoms with van der Waals surface area (Å²) in [6.45, 7) is 9.04. The van der Waals surface area contributed by atoms with E-state index < -0.39 is 35.7 Å². The van der Waals surface area contributed by atoms with E-state index in [9.17, 15) is 14.4 Å². The van der Waals surface area contributed by atoms with Crippen LogP contribution in [0.25, 0.3) is 11.1 Å². The van der Waals surface area contributed by atoms with E-state index in [4.69, 9.17) is 14.2 Å². The molecule has 3 aromatic carbocycles. The summed E-state index contributed by atoms with van der Waals surface area (Å²) in [6.07, 6.45) is 0.990. The van der Waals surface area contributed by atoms with E-state index in [2.05, 4.69) is 29.3 Å². The van der Waals surface area contributed by atoms with Crippen LogP contribution in [0.1, 0.15) is 43.4 Å². The van der Waals surface area contributed by atoms with Crippen molar-refractivity contribution in [3.05, 3.63) is 108 Å². The van der Waals surface area contributed by atoms with Gasteiger partial charge in [0.15, 0.2) is 0 Å². The second-order valence-electron chi connectivity index (χ2n) is 11.1. The standard InChI is InChI=1S/C34H38N2O6/c1-5-19-40-22-30(31(37)35-29(32(38)42-34(2,3)4)20-23-13-7-6-8-14-23)36-33(39)41-21-28-26-17-11-9-15-24(26)25-16-10-12-18-27(25)28/h5-18,28-30H,1,19-22H2,2-4H3,(H,35,37)(H,36,39)/t29-,30-/m0/s1. The maximum absolute atomic E-state index is 13.4. The van der Waals surface area contributed by atoms with E-state index in [0.29, 0.717) is 0 Å². The molecule has 0 fully saturated rings. The summed E-state index contributed by atoms with van der Waals surface area (Å²) < 4.78 is 16.7. The van der Waals surface area contributed by atoms with Crippen LogP contribution in [-0.4, -0.2) is 55.5 Å². The molecule has 0 saturated carbocycles. The minimum Gasteiger partial charge on any atom is -0.458 e. The number of benzene rings is 3. The van der Waals surface area contributed by atoms with Crippen LogP contribution in [0.5, 0.6) is 0 Å². The number of alkyl carbamates (subject to hydrolysis) is 1. The molecule has 2 amide bonds. The fraction of sp³-hybridized carbons (Fsp3) is 0.324. The normalized spacial score (nSPS) is 13.7. The SMILES string of the molecule is C=CCOC[C@H](NC(=O)OCC1c2ccccc2-c2ccccc21)C(=O)N[C@@H](Cc1ccccc1)C(=O)OC(C)(C)C. The molecule has 220 valence electrons. The zero-order valence-corrected chi connectivity index (χ0v) is 24.3. The van der Waals surface area contributed by atoms with Crippen LogP contribution >= 0.6 is 0 Å². The Labute approximate surface area is 247 Å². The van der Waals surface area contributed by atoms with Crippen molar-refractivity contribution in [3.63, 3.8) is 0 Å². The zero-order valence-electron chi connectivity index (χ0n) is 24.3. The summed E-state index contributed by atoms with van der Waals surface area (Å²) in [4.78, 5) is 39.5. The van der Waals surface area contributed by atoms with E-state index in [0.717, 1.165) is 27.8 Å². The minimum absolute atomic E-state index is 0.0935. The van der Waals surface area contributed by atoms with Crippen molar-refractivity contribution < 1.29 is 28.6 Å². The highest BCUT2D eigenvalue weighted by atomic mass is 16.6. The van der Waals surface area contributed by atoms with Gasteiger partial charge in [-0.25, -0.2) is 9.59 Å². The van der Waals surface area contributed by atoms with E-state index in [1.165, 1.54) is 0 Å². The van der Waals surface area contributed by atoms with Crippen molar-refractivity contribution in [1.29, 1.82) is 0 Å². The first kappa shape index (κ1) is 30.5. The molecule has 0 radical (unpaired) electrons. The van der Waals surface area contributed by atoms with Crippen molar-refractivity contribution in [2.24, 2.45) is 0 Å². The van der Waals surface area contributed by atoms with Crippen LogP contribution in [0.3, 0.4) is 0 Å². The van der Waals surface area contributed by atoms with Crippen molar-refractivity contribution in [2.75, 3.05) is 19.8 Å². The zero-order chi connectivity index (χ0) is 30.1.